The normalized spacial score (nSPS) is 15.0. The Hall–Kier alpha value is -4.06. The number of nitrogens with two attached hydrogens (primary N) is 1. The smallest absolute Gasteiger partial charge is 0.225 e. The van der Waals surface area contributed by atoms with Crippen molar-refractivity contribution in [3.63, 3.8) is 0 Å². The highest BCUT2D eigenvalue weighted by molar-refractivity contribution is 5.91. The average molecular weight is 482 g/mol. The number of hydrogen-bond acceptors (Lipinski definition) is 7. The third-order valence-corrected chi connectivity index (χ3v) is 6.29. The van der Waals surface area contributed by atoms with Crippen molar-refractivity contribution in [2.24, 2.45) is 0 Å². The molecule has 0 spiro atoms. The molecule has 2 N–H and O–H groups in total. The van der Waals surface area contributed by atoms with Crippen molar-refractivity contribution in [3.8, 4) is 11.6 Å². The first-order valence-electron chi connectivity index (χ1n) is 11.1. The van der Waals surface area contributed by atoms with Gasteiger partial charge in [0.25, 0.3) is 0 Å². The minimum Gasteiger partial charge on any atom is -0.461 e. The highest BCUT2D eigenvalue weighted by atomic mass is 19.1. The zero-order valence-electron chi connectivity index (χ0n) is 18.5. The van der Waals surface area contributed by atoms with E-state index < -0.39 is 17.5 Å². The van der Waals surface area contributed by atoms with Crippen LogP contribution < -0.4 is 10.6 Å². The maximum absolute atomic E-state index is 14.1. The molecule has 180 valence electrons. The van der Waals surface area contributed by atoms with E-state index in [0.29, 0.717) is 74.3 Å². The van der Waals surface area contributed by atoms with Crippen molar-refractivity contribution in [3.05, 3.63) is 60.2 Å². The molecule has 0 radical (unpaired) electrons. The van der Waals surface area contributed by atoms with Crippen LogP contribution in [0.5, 0.6) is 0 Å². The third kappa shape index (κ3) is 3.75. The summed E-state index contributed by atoms with van der Waals surface area (Å²) < 4.78 is 50.4. The van der Waals surface area contributed by atoms with Crippen LogP contribution in [0.4, 0.5) is 24.8 Å². The van der Waals surface area contributed by atoms with Crippen LogP contribution >= 0.6 is 0 Å². The average Bonchev–Trinajstić information content (AvgIpc) is 3.57. The molecule has 1 aliphatic rings. The van der Waals surface area contributed by atoms with Gasteiger partial charge >= 0.3 is 0 Å². The number of rotatable bonds is 5. The summed E-state index contributed by atoms with van der Waals surface area (Å²) in [6, 6.07) is 6.89. The molecule has 0 amide bonds. The summed E-state index contributed by atoms with van der Waals surface area (Å²) in [5.41, 5.74) is 7.28. The van der Waals surface area contributed by atoms with Crippen molar-refractivity contribution in [1.29, 1.82) is 0 Å². The largest absolute Gasteiger partial charge is 0.461 e. The third-order valence-electron chi connectivity index (χ3n) is 6.29. The van der Waals surface area contributed by atoms with E-state index in [0.717, 1.165) is 5.39 Å². The monoisotopic (exact) mass is 482 g/mol. The Balaban J connectivity index is 1.17. The molecule has 9 nitrogen and oxygen atoms in total. The van der Waals surface area contributed by atoms with Crippen molar-refractivity contribution in [2.75, 3.05) is 43.4 Å². The van der Waals surface area contributed by atoms with Crippen LogP contribution in [0.3, 0.4) is 0 Å². The molecule has 0 atom stereocenters. The first kappa shape index (κ1) is 21.5. The van der Waals surface area contributed by atoms with Crippen molar-refractivity contribution in [1.82, 2.24) is 29.0 Å². The first-order chi connectivity index (χ1) is 17.0. The van der Waals surface area contributed by atoms with Crippen LogP contribution in [0, 0.1) is 17.5 Å². The molecule has 1 fully saturated rings. The van der Waals surface area contributed by atoms with Gasteiger partial charge in [0.2, 0.25) is 11.8 Å². The summed E-state index contributed by atoms with van der Waals surface area (Å²) in [5, 5.41) is 5.23. The van der Waals surface area contributed by atoms with E-state index in [9.17, 15) is 13.2 Å². The molecule has 0 saturated carbocycles. The maximum atomic E-state index is 14.1. The Morgan fingerprint density at radius 2 is 1.71 bits per heavy atom. The first-order valence-corrected chi connectivity index (χ1v) is 11.1. The Morgan fingerprint density at radius 3 is 2.43 bits per heavy atom. The van der Waals surface area contributed by atoms with Gasteiger partial charge in [0.15, 0.2) is 23.0 Å². The Kier molecular flexibility index (Phi) is 5.10. The molecule has 0 unspecified atom stereocenters. The van der Waals surface area contributed by atoms with E-state index in [2.05, 4.69) is 20.0 Å². The molecule has 1 saturated heterocycles. The van der Waals surface area contributed by atoms with E-state index >= 15 is 0 Å². The van der Waals surface area contributed by atoms with Crippen LogP contribution in [-0.2, 0) is 6.54 Å². The van der Waals surface area contributed by atoms with Gasteiger partial charge in [0, 0.05) is 57.6 Å². The summed E-state index contributed by atoms with van der Waals surface area (Å²) in [7, 11) is 0. The number of benzene rings is 1. The number of aromatic nitrogens is 5. The van der Waals surface area contributed by atoms with Gasteiger partial charge in [-0.1, -0.05) is 0 Å². The Bertz CT molecular complexity index is 1500. The van der Waals surface area contributed by atoms with Crippen LogP contribution in [0.15, 0.2) is 47.2 Å². The minimum atomic E-state index is -0.920. The van der Waals surface area contributed by atoms with E-state index in [1.807, 2.05) is 16.8 Å². The van der Waals surface area contributed by atoms with E-state index in [1.54, 1.807) is 23.3 Å². The Labute approximate surface area is 197 Å². The van der Waals surface area contributed by atoms with Crippen molar-refractivity contribution in [2.45, 2.75) is 6.54 Å². The summed E-state index contributed by atoms with van der Waals surface area (Å²) in [6.45, 7) is 3.46. The van der Waals surface area contributed by atoms with Crippen molar-refractivity contribution < 1.29 is 17.6 Å². The zero-order chi connectivity index (χ0) is 24.1. The van der Waals surface area contributed by atoms with Crippen LogP contribution in [-0.4, -0.2) is 61.8 Å². The second-order valence-corrected chi connectivity index (χ2v) is 8.41. The van der Waals surface area contributed by atoms with Gasteiger partial charge in [-0.3, -0.25) is 4.90 Å². The fourth-order valence-electron chi connectivity index (χ4n) is 4.54. The summed E-state index contributed by atoms with van der Waals surface area (Å²) in [6.07, 6.45) is 3.49. The van der Waals surface area contributed by atoms with Gasteiger partial charge in [0.05, 0.1) is 11.6 Å². The predicted molar refractivity (Wildman–Crippen MR) is 123 cm³/mol. The fraction of sp³-hybridized carbons (Fsp3) is 0.261. The lowest BCUT2D eigenvalue weighted by Crippen LogP contribution is -2.47. The number of hydrogen-bond donors (Lipinski definition) is 1. The molecule has 0 bridgehead atoms. The standard InChI is InChI=1S/C23H21F3N8O/c24-14-12-16(25)19(17(26)13-14)32-8-5-31(6-9-32)7-10-33-4-3-15-21(33)29-23(27)34-22(15)28-20(30-34)18-2-1-11-35-18/h1-4,11-13H,5-10H2,(H2,27,29). The molecular weight excluding hydrogens is 461 g/mol. The van der Waals surface area contributed by atoms with Crippen molar-refractivity contribution >= 4 is 28.3 Å². The second kappa shape index (κ2) is 8.31. The zero-order valence-corrected chi connectivity index (χ0v) is 18.5. The minimum absolute atomic E-state index is 0.173. The molecule has 0 aliphatic carbocycles. The summed E-state index contributed by atoms with van der Waals surface area (Å²) >= 11 is 0. The number of nitrogens with zero attached hydrogens (tertiary/aromatic N) is 7. The molecule has 4 aromatic heterocycles. The number of nitrogen functional groups attached to an aromatic ring is 1. The number of anilines is 2. The predicted octanol–water partition coefficient (Wildman–Crippen LogP) is 3.16. The lowest BCUT2D eigenvalue weighted by molar-refractivity contribution is 0.248. The summed E-state index contributed by atoms with van der Waals surface area (Å²) in [5.74, 6) is -1.50. The molecule has 5 heterocycles. The van der Waals surface area contributed by atoms with Gasteiger partial charge in [-0.05, 0) is 18.2 Å². The van der Waals surface area contributed by atoms with Gasteiger partial charge in [-0.15, -0.1) is 5.10 Å². The van der Waals surface area contributed by atoms with E-state index in [1.165, 1.54) is 4.52 Å². The molecule has 12 heteroatoms. The van der Waals surface area contributed by atoms with Gasteiger partial charge in [0.1, 0.15) is 17.2 Å². The highest BCUT2D eigenvalue weighted by Crippen LogP contribution is 2.27. The lowest BCUT2D eigenvalue weighted by Gasteiger charge is -2.36. The molecule has 1 aliphatic heterocycles. The highest BCUT2D eigenvalue weighted by Gasteiger charge is 2.23. The quantitative estimate of drug-likeness (QED) is 0.411. The van der Waals surface area contributed by atoms with Gasteiger partial charge in [-0.2, -0.15) is 9.50 Å². The molecule has 5 aromatic rings. The fourth-order valence-corrected chi connectivity index (χ4v) is 4.54. The Morgan fingerprint density at radius 1 is 0.943 bits per heavy atom. The van der Waals surface area contributed by atoms with Crippen LogP contribution in [0.2, 0.25) is 0 Å². The number of halogens is 3. The molecular formula is C23H21F3N8O. The topological polar surface area (TPSA) is 93.6 Å². The van der Waals surface area contributed by atoms with E-state index in [-0.39, 0.29) is 11.6 Å². The maximum Gasteiger partial charge on any atom is 0.225 e. The lowest BCUT2D eigenvalue weighted by atomic mass is 10.2. The van der Waals surface area contributed by atoms with Crippen LogP contribution in [0.1, 0.15) is 0 Å². The summed E-state index contributed by atoms with van der Waals surface area (Å²) in [4.78, 5) is 12.9. The van der Waals surface area contributed by atoms with E-state index in [4.69, 9.17) is 10.2 Å². The van der Waals surface area contributed by atoms with Gasteiger partial charge in [-0.25, -0.2) is 18.2 Å². The van der Waals surface area contributed by atoms with Gasteiger partial charge < -0.3 is 19.6 Å². The number of fused-ring (bicyclic) bond motifs is 3. The SMILES string of the molecule is Nc1nc2c(ccn2CCN2CCN(c3c(F)cc(F)cc3F)CC2)c2nc(-c3ccco3)nn12. The second-order valence-electron chi connectivity index (χ2n) is 8.41. The number of furan rings is 1. The van der Waals surface area contributed by atoms with Crippen LogP contribution in [0.25, 0.3) is 28.3 Å². The number of piperazine rings is 1. The molecule has 35 heavy (non-hydrogen) atoms. The molecule has 1 aromatic carbocycles. The molecule has 6 rings (SSSR count).